The molecule has 3 aromatic carbocycles. The molecule has 0 radical (unpaired) electrons. The van der Waals surface area contributed by atoms with Crippen LogP contribution in [-0.2, 0) is 6.42 Å². The maximum Gasteiger partial charge on any atom is 0.219 e. The first-order valence-electron chi connectivity index (χ1n) is 10.3. The third-order valence-electron chi connectivity index (χ3n) is 6.02. The van der Waals surface area contributed by atoms with Gasteiger partial charge in [0.25, 0.3) is 0 Å². The molecule has 1 aromatic heterocycles. The van der Waals surface area contributed by atoms with Gasteiger partial charge in [-0.25, -0.2) is 4.98 Å². The van der Waals surface area contributed by atoms with Gasteiger partial charge in [0.1, 0.15) is 17.0 Å². The lowest BCUT2D eigenvalue weighted by Gasteiger charge is -2.21. The summed E-state index contributed by atoms with van der Waals surface area (Å²) in [5.41, 5.74) is 4.35. The predicted octanol–water partition coefficient (Wildman–Crippen LogP) is 6.28. The summed E-state index contributed by atoms with van der Waals surface area (Å²) in [6.07, 6.45) is 1.03. The molecule has 2 aliphatic rings. The SMILES string of the molecule is C[C@@]12Cc3ccccc3[C@@H]1N=C(c1cccc(Oc3ccc4cccc(O)c4n3)c1)S2. The predicted molar refractivity (Wildman–Crippen MR) is 125 cm³/mol. The van der Waals surface area contributed by atoms with E-state index in [1.807, 2.05) is 48.2 Å². The van der Waals surface area contributed by atoms with Crippen molar-refractivity contribution < 1.29 is 9.84 Å². The van der Waals surface area contributed by atoms with Gasteiger partial charge in [-0.15, -0.1) is 0 Å². The zero-order valence-corrected chi connectivity index (χ0v) is 17.8. The Labute approximate surface area is 184 Å². The minimum absolute atomic E-state index is 0.0628. The topological polar surface area (TPSA) is 54.7 Å². The molecule has 1 aliphatic heterocycles. The zero-order valence-electron chi connectivity index (χ0n) is 16.9. The van der Waals surface area contributed by atoms with Crippen molar-refractivity contribution in [1.82, 2.24) is 4.98 Å². The Balaban J connectivity index is 1.30. The van der Waals surface area contributed by atoms with Crippen LogP contribution in [0.2, 0.25) is 0 Å². The van der Waals surface area contributed by atoms with E-state index >= 15 is 0 Å². The van der Waals surface area contributed by atoms with Crippen LogP contribution in [-0.4, -0.2) is 19.9 Å². The molecule has 1 N–H and O–H groups in total. The van der Waals surface area contributed by atoms with Crippen molar-refractivity contribution in [2.45, 2.75) is 24.1 Å². The normalized spacial score (nSPS) is 21.6. The van der Waals surface area contributed by atoms with E-state index in [2.05, 4.69) is 42.2 Å². The molecule has 0 saturated carbocycles. The third-order valence-corrected chi connectivity index (χ3v) is 7.39. The highest BCUT2D eigenvalue weighted by Crippen LogP contribution is 2.55. The summed E-state index contributed by atoms with van der Waals surface area (Å²) < 4.78 is 6.09. The van der Waals surface area contributed by atoms with Gasteiger partial charge in [-0.1, -0.05) is 60.3 Å². The molecule has 0 saturated heterocycles. The summed E-state index contributed by atoms with van der Waals surface area (Å²) in [7, 11) is 0. The second kappa shape index (κ2) is 6.86. The van der Waals surface area contributed by atoms with E-state index in [1.165, 1.54) is 11.1 Å². The number of aromatic nitrogens is 1. The Hall–Kier alpha value is -3.31. The molecule has 5 heteroatoms. The van der Waals surface area contributed by atoms with Gasteiger partial charge in [-0.05, 0) is 48.7 Å². The molecule has 2 atom stereocenters. The van der Waals surface area contributed by atoms with Crippen LogP contribution in [0, 0.1) is 0 Å². The molecule has 152 valence electrons. The molecule has 4 nitrogen and oxygen atoms in total. The second-order valence-corrected chi connectivity index (χ2v) is 9.78. The number of nitrogens with zero attached hydrogens (tertiary/aromatic N) is 2. The summed E-state index contributed by atoms with van der Waals surface area (Å²) in [4.78, 5) is 9.58. The Morgan fingerprint density at radius 3 is 2.81 bits per heavy atom. The van der Waals surface area contributed by atoms with Gasteiger partial charge in [0, 0.05) is 21.8 Å². The van der Waals surface area contributed by atoms with Crippen LogP contribution >= 0.6 is 11.8 Å². The molecular weight excluding hydrogens is 404 g/mol. The van der Waals surface area contributed by atoms with Gasteiger partial charge >= 0.3 is 0 Å². The lowest BCUT2D eigenvalue weighted by Crippen LogP contribution is -2.21. The number of hydrogen-bond acceptors (Lipinski definition) is 5. The maximum absolute atomic E-state index is 10.1. The summed E-state index contributed by atoms with van der Waals surface area (Å²) in [6, 6.07) is 25.9. The van der Waals surface area contributed by atoms with Gasteiger partial charge in [0.2, 0.25) is 5.88 Å². The number of aromatic hydroxyl groups is 1. The Morgan fingerprint density at radius 1 is 1.00 bits per heavy atom. The standard InChI is InChI=1S/C26H20N2O2S/c1-26-15-18-6-2-3-10-20(18)24(26)28-25(31-26)17-8-4-9-19(14-17)30-22-13-12-16-7-5-11-21(29)23(16)27-22/h2-14,24,29H,15H2,1H3/t24-,26+/m0/s1. The number of phenolic OH excluding ortho intramolecular Hbond substituents is 1. The molecule has 0 bridgehead atoms. The summed E-state index contributed by atoms with van der Waals surface area (Å²) >= 11 is 1.86. The van der Waals surface area contributed by atoms with Crippen LogP contribution in [0.3, 0.4) is 0 Å². The number of hydrogen-bond donors (Lipinski definition) is 1. The minimum atomic E-state index is 0.0628. The average molecular weight is 425 g/mol. The molecule has 2 heterocycles. The molecule has 1 aliphatic carbocycles. The lowest BCUT2D eigenvalue weighted by molar-refractivity contribution is 0.460. The third kappa shape index (κ3) is 3.08. The molecule has 0 unspecified atom stereocenters. The van der Waals surface area contributed by atoms with Gasteiger partial charge in [-0.3, -0.25) is 4.99 Å². The fraction of sp³-hybridized carbons (Fsp3) is 0.154. The molecule has 0 fully saturated rings. The quantitative estimate of drug-likeness (QED) is 0.420. The zero-order chi connectivity index (χ0) is 21.0. The summed E-state index contributed by atoms with van der Waals surface area (Å²) in [6.45, 7) is 2.31. The van der Waals surface area contributed by atoms with Gasteiger partial charge in [0.05, 0.1) is 11.1 Å². The number of fused-ring (bicyclic) bond motifs is 4. The first-order valence-corrected chi connectivity index (χ1v) is 11.1. The van der Waals surface area contributed by atoms with E-state index in [0.29, 0.717) is 17.1 Å². The van der Waals surface area contributed by atoms with Crippen molar-refractivity contribution in [1.29, 1.82) is 0 Å². The number of phenols is 1. The average Bonchev–Trinajstić information content (AvgIpc) is 3.25. The number of aliphatic imine (C=N–C) groups is 1. The minimum Gasteiger partial charge on any atom is -0.506 e. The van der Waals surface area contributed by atoms with Crippen LogP contribution < -0.4 is 4.74 Å². The number of para-hydroxylation sites is 1. The highest BCUT2D eigenvalue weighted by molar-refractivity contribution is 8.15. The molecule has 0 spiro atoms. The van der Waals surface area contributed by atoms with Crippen molar-refractivity contribution in [3.8, 4) is 17.4 Å². The first-order chi connectivity index (χ1) is 15.1. The highest BCUT2D eigenvalue weighted by atomic mass is 32.2. The van der Waals surface area contributed by atoms with E-state index in [-0.39, 0.29) is 16.5 Å². The molecular formula is C26H20N2O2S. The van der Waals surface area contributed by atoms with Crippen LogP contribution in [0.15, 0.2) is 83.9 Å². The van der Waals surface area contributed by atoms with Crippen molar-refractivity contribution in [3.05, 3.63) is 95.6 Å². The lowest BCUT2D eigenvalue weighted by atomic mass is 10.0. The molecule has 4 aromatic rings. The van der Waals surface area contributed by atoms with Crippen LogP contribution in [0.4, 0.5) is 0 Å². The first kappa shape index (κ1) is 18.5. The Morgan fingerprint density at radius 2 is 1.87 bits per heavy atom. The highest BCUT2D eigenvalue weighted by Gasteiger charge is 2.48. The largest absolute Gasteiger partial charge is 0.506 e. The van der Waals surface area contributed by atoms with Crippen molar-refractivity contribution in [2.75, 3.05) is 0 Å². The fourth-order valence-corrected chi connectivity index (χ4v) is 5.91. The summed E-state index contributed by atoms with van der Waals surface area (Å²) in [5.74, 6) is 1.30. The van der Waals surface area contributed by atoms with E-state index in [1.54, 1.807) is 12.1 Å². The van der Waals surface area contributed by atoms with E-state index in [4.69, 9.17) is 9.73 Å². The smallest absolute Gasteiger partial charge is 0.219 e. The van der Waals surface area contributed by atoms with Crippen molar-refractivity contribution in [3.63, 3.8) is 0 Å². The fourth-order valence-electron chi connectivity index (χ4n) is 4.55. The summed E-state index contributed by atoms with van der Waals surface area (Å²) in [5, 5.41) is 12.0. The number of thioether (sulfide) groups is 1. The number of rotatable bonds is 3. The van der Waals surface area contributed by atoms with Crippen molar-refractivity contribution >= 4 is 27.7 Å². The monoisotopic (exact) mass is 424 g/mol. The van der Waals surface area contributed by atoms with E-state index in [9.17, 15) is 5.11 Å². The molecule has 6 rings (SSSR count). The van der Waals surface area contributed by atoms with Gasteiger partial charge in [-0.2, -0.15) is 0 Å². The maximum atomic E-state index is 10.1. The number of pyridine rings is 1. The van der Waals surface area contributed by atoms with Crippen molar-refractivity contribution in [2.24, 2.45) is 4.99 Å². The second-order valence-electron chi connectivity index (χ2n) is 8.26. The van der Waals surface area contributed by atoms with Gasteiger partial charge in [0.15, 0.2) is 0 Å². The number of ether oxygens (including phenoxy) is 1. The Bertz CT molecular complexity index is 1370. The van der Waals surface area contributed by atoms with E-state index in [0.717, 1.165) is 22.4 Å². The molecule has 31 heavy (non-hydrogen) atoms. The molecule has 0 amide bonds. The Kier molecular flexibility index (Phi) is 4.08. The van der Waals surface area contributed by atoms with E-state index < -0.39 is 0 Å². The van der Waals surface area contributed by atoms with Crippen LogP contribution in [0.5, 0.6) is 17.4 Å². The number of benzene rings is 3. The van der Waals surface area contributed by atoms with Crippen LogP contribution in [0.1, 0.15) is 29.7 Å². The van der Waals surface area contributed by atoms with Crippen LogP contribution in [0.25, 0.3) is 10.9 Å². The van der Waals surface area contributed by atoms with Gasteiger partial charge < -0.3 is 9.84 Å².